The maximum Gasteiger partial charge on any atom is 0.380 e. The van der Waals surface area contributed by atoms with Crippen LogP contribution in [0.3, 0.4) is 0 Å². The van der Waals surface area contributed by atoms with Gasteiger partial charge in [0.15, 0.2) is 19.7 Å². The fraction of sp³-hybridized carbons (Fsp3) is 0.360. The van der Waals surface area contributed by atoms with Crippen molar-refractivity contribution in [3.05, 3.63) is 70.8 Å². The highest BCUT2D eigenvalue weighted by molar-refractivity contribution is 7.98. The molecule has 1 fully saturated rings. The Morgan fingerprint density at radius 3 is 1.22 bits per heavy atom. The van der Waals surface area contributed by atoms with E-state index in [4.69, 9.17) is 0 Å². The van der Waals surface area contributed by atoms with Gasteiger partial charge < -0.3 is 0 Å². The maximum absolute atomic E-state index is 15.6. The molecule has 0 N–H and O–H groups in total. The summed E-state index contributed by atoms with van der Waals surface area (Å²) in [5.74, 6) is -16.9. The number of allylic oxidation sites excluding steroid dienone is 2. The van der Waals surface area contributed by atoms with Crippen LogP contribution in [0.2, 0.25) is 0 Å². The number of fused-ring (bicyclic) bond motifs is 8. The molecule has 12 heteroatoms. The molecule has 2 aliphatic carbocycles. The zero-order valence-electron chi connectivity index (χ0n) is 19.3. The Balaban J connectivity index is 2.03. The molecule has 2 aromatic carbocycles. The largest absolute Gasteiger partial charge is 0.380 e. The molecule has 2 heterocycles. The molecular formula is C25H18F6O4S2. The van der Waals surface area contributed by atoms with Crippen LogP contribution < -0.4 is 0 Å². The number of sulfone groups is 2. The van der Waals surface area contributed by atoms with Crippen LogP contribution in [0.4, 0.5) is 26.3 Å². The van der Waals surface area contributed by atoms with E-state index in [-0.39, 0.29) is 0 Å². The first-order chi connectivity index (χ1) is 17.1. The van der Waals surface area contributed by atoms with E-state index in [1.54, 1.807) is 0 Å². The quantitative estimate of drug-likeness (QED) is 0.442. The molecule has 4 aliphatic rings. The molecule has 0 bridgehead atoms. The molecular weight excluding hydrogens is 542 g/mol. The number of hydrogen-bond acceptors (Lipinski definition) is 4. The van der Waals surface area contributed by atoms with E-state index in [0.717, 1.165) is 24.3 Å². The van der Waals surface area contributed by atoms with Gasteiger partial charge in [-0.1, -0.05) is 50.2 Å². The summed E-state index contributed by atoms with van der Waals surface area (Å²) in [5, 5.41) is 0. The average Bonchev–Trinajstić information content (AvgIpc) is 3.22. The van der Waals surface area contributed by atoms with Gasteiger partial charge in [-0.2, -0.15) is 26.3 Å². The summed E-state index contributed by atoms with van der Waals surface area (Å²) >= 11 is 0. The van der Waals surface area contributed by atoms with Crippen molar-refractivity contribution in [1.82, 2.24) is 0 Å². The molecule has 6 rings (SSSR count). The van der Waals surface area contributed by atoms with Crippen LogP contribution in [-0.4, -0.2) is 44.1 Å². The zero-order valence-corrected chi connectivity index (χ0v) is 20.9. The van der Waals surface area contributed by atoms with E-state index >= 15 is 26.3 Å². The monoisotopic (exact) mass is 560 g/mol. The van der Waals surface area contributed by atoms with Crippen molar-refractivity contribution in [1.29, 1.82) is 0 Å². The van der Waals surface area contributed by atoms with Gasteiger partial charge in [-0.3, -0.25) is 0 Å². The topological polar surface area (TPSA) is 68.3 Å². The Morgan fingerprint density at radius 2 is 0.892 bits per heavy atom. The minimum atomic E-state index is -5.95. The summed E-state index contributed by atoms with van der Waals surface area (Å²) in [4.78, 5) is -1.12. The normalized spacial score (nSPS) is 32.4. The fourth-order valence-corrected chi connectivity index (χ4v) is 13.0. The number of rotatable bonds is 2. The van der Waals surface area contributed by atoms with E-state index in [9.17, 15) is 16.8 Å². The molecule has 0 radical (unpaired) electrons. The molecule has 4 nitrogen and oxygen atoms in total. The number of halogens is 6. The van der Waals surface area contributed by atoms with Gasteiger partial charge in [0.2, 0.25) is 0 Å². The maximum atomic E-state index is 15.6. The third kappa shape index (κ3) is 2.06. The number of hydrogen-bond donors (Lipinski definition) is 0. The molecule has 0 amide bonds. The summed E-state index contributed by atoms with van der Waals surface area (Å²) in [6.07, 6.45) is -1.29. The van der Waals surface area contributed by atoms with Gasteiger partial charge in [0.1, 0.15) is 9.49 Å². The second-order valence-corrected chi connectivity index (χ2v) is 13.9. The van der Waals surface area contributed by atoms with Gasteiger partial charge >= 0.3 is 17.8 Å². The van der Waals surface area contributed by atoms with E-state index in [0.29, 0.717) is 0 Å². The van der Waals surface area contributed by atoms with Crippen molar-refractivity contribution in [2.75, 3.05) is 0 Å². The molecule has 196 valence electrons. The molecule has 2 unspecified atom stereocenters. The lowest BCUT2D eigenvalue weighted by atomic mass is 9.65. The van der Waals surface area contributed by atoms with Crippen molar-refractivity contribution in [2.45, 2.75) is 63.7 Å². The highest BCUT2D eigenvalue weighted by Gasteiger charge is 2.87. The summed E-state index contributed by atoms with van der Waals surface area (Å²) in [5.41, 5.74) is -6.51. The van der Waals surface area contributed by atoms with Gasteiger partial charge in [0.05, 0.1) is 9.79 Å². The van der Waals surface area contributed by atoms with Crippen molar-refractivity contribution >= 4 is 30.8 Å². The smallest absolute Gasteiger partial charge is 0.223 e. The lowest BCUT2D eigenvalue weighted by Crippen LogP contribution is -2.62. The van der Waals surface area contributed by atoms with E-state index in [2.05, 4.69) is 0 Å². The van der Waals surface area contributed by atoms with Crippen molar-refractivity contribution < 1.29 is 43.2 Å². The van der Waals surface area contributed by atoms with Gasteiger partial charge in [0.25, 0.3) is 0 Å². The first-order valence-electron chi connectivity index (χ1n) is 11.4. The lowest BCUT2D eigenvalue weighted by Gasteiger charge is -2.49. The van der Waals surface area contributed by atoms with Crippen LogP contribution in [0.15, 0.2) is 69.5 Å². The Kier molecular flexibility index (Phi) is 4.35. The van der Waals surface area contributed by atoms with Gasteiger partial charge in [-0.15, -0.1) is 0 Å². The predicted octanol–water partition coefficient (Wildman–Crippen LogP) is 5.70. The summed E-state index contributed by atoms with van der Waals surface area (Å²) < 4.78 is 144. The fourth-order valence-electron chi connectivity index (χ4n) is 7.10. The van der Waals surface area contributed by atoms with Gasteiger partial charge in [0, 0.05) is 11.1 Å². The molecule has 0 aromatic heterocycles. The molecule has 2 aliphatic heterocycles. The van der Waals surface area contributed by atoms with Crippen molar-refractivity contribution in [3.8, 4) is 0 Å². The highest BCUT2D eigenvalue weighted by atomic mass is 32.2. The number of alkyl halides is 6. The molecule has 37 heavy (non-hydrogen) atoms. The van der Waals surface area contributed by atoms with E-state index in [1.807, 2.05) is 0 Å². The molecule has 1 saturated carbocycles. The molecule has 0 saturated heterocycles. The van der Waals surface area contributed by atoms with Crippen LogP contribution in [0.1, 0.15) is 37.8 Å². The zero-order chi connectivity index (χ0) is 27.2. The van der Waals surface area contributed by atoms with Crippen LogP contribution in [-0.2, 0) is 19.7 Å². The van der Waals surface area contributed by atoms with Crippen molar-refractivity contribution in [2.24, 2.45) is 0 Å². The third-order valence-electron chi connectivity index (χ3n) is 8.43. The number of benzene rings is 2. The average molecular weight is 561 g/mol. The van der Waals surface area contributed by atoms with E-state index in [1.165, 1.54) is 38.1 Å². The standard InChI is InChI=1S/C25H18F6O4S2/c1-3-21-17(13-9-5-7-11-15(13)36(21,32)33)19-20(24(28,29)25(30,31)23(19,26)27)18-14-10-6-8-12-16(14)37(34,35)22(18,21)4-2/h5-12H,3-4H2,1-2H3. The SMILES string of the molecule is CCC12C(=C3C(=C4c5ccccc5S(=O)(=O)C41CC)C(F)(F)C(F)(F)C3(F)F)c1ccccc1S2(=O)=O. The molecule has 2 aromatic rings. The van der Waals surface area contributed by atoms with Crippen LogP contribution in [0, 0.1) is 0 Å². The van der Waals surface area contributed by atoms with Crippen LogP contribution in [0.25, 0.3) is 11.1 Å². The lowest BCUT2D eigenvalue weighted by molar-refractivity contribution is -0.257. The first kappa shape index (κ1) is 24.7. The van der Waals surface area contributed by atoms with E-state index < -0.39 is 103 Å². The summed E-state index contributed by atoms with van der Waals surface area (Å²) in [6, 6.07) is 9.28. The summed E-state index contributed by atoms with van der Waals surface area (Å²) in [6.45, 7) is 2.48. The predicted molar refractivity (Wildman–Crippen MR) is 122 cm³/mol. The van der Waals surface area contributed by atoms with Crippen LogP contribution in [0.5, 0.6) is 0 Å². The molecule has 2 atom stereocenters. The van der Waals surface area contributed by atoms with Gasteiger partial charge in [-0.05, 0) is 47.2 Å². The van der Waals surface area contributed by atoms with Crippen LogP contribution >= 0.6 is 0 Å². The Hall–Kier alpha value is -2.60. The minimum absolute atomic E-state index is 0.469. The molecule has 0 spiro atoms. The second-order valence-electron chi connectivity index (χ2n) is 9.58. The Labute approximate surface area is 208 Å². The first-order valence-corrected chi connectivity index (χ1v) is 14.4. The van der Waals surface area contributed by atoms with Crippen molar-refractivity contribution in [3.63, 3.8) is 0 Å². The Morgan fingerprint density at radius 1 is 0.568 bits per heavy atom. The Bertz CT molecular complexity index is 1600. The summed E-state index contributed by atoms with van der Waals surface area (Å²) in [7, 11) is -9.78. The second kappa shape index (κ2) is 6.51. The third-order valence-corrected chi connectivity index (χ3v) is 13.9. The highest BCUT2D eigenvalue weighted by Crippen LogP contribution is 2.76. The van der Waals surface area contributed by atoms with Gasteiger partial charge in [-0.25, -0.2) is 16.8 Å². The minimum Gasteiger partial charge on any atom is -0.223 e.